The van der Waals surface area contributed by atoms with E-state index in [1.165, 1.54) is 12.1 Å². The molecule has 0 spiro atoms. The van der Waals surface area contributed by atoms with Gasteiger partial charge < -0.3 is 0 Å². The third-order valence-corrected chi connectivity index (χ3v) is 4.21. The number of benzene rings is 3. The zero-order chi connectivity index (χ0) is 18.8. The average Bonchev–Trinajstić information content (AvgIpc) is 2.73. The molecule has 6 heteroatoms. The van der Waals surface area contributed by atoms with Crippen LogP contribution in [0.3, 0.4) is 0 Å². The van der Waals surface area contributed by atoms with Gasteiger partial charge >= 0.3 is 0 Å². The molecule has 0 aliphatic carbocycles. The van der Waals surface area contributed by atoms with Crippen LogP contribution < -0.4 is 0 Å². The molecule has 0 saturated heterocycles. The summed E-state index contributed by atoms with van der Waals surface area (Å²) in [6.07, 6.45) is 1.60. The van der Waals surface area contributed by atoms with Crippen molar-refractivity contribution in [3.8, 4) is 11.3 Å². The third kappa shape index (κ3) is 3.28. The van der Waals surface area contributed by atoms with Gasteiger partial charge in [0.05, 0.1) is 27.8 Å². The Hall–Kier alpha value is -3.93. The number of hydrogen-bond donors (Lipinski definition) is 0. The van der Waals surface area contributed by atoms with Gasteiger partial charge in [0.25, 0.3) is 5.69 Å². The van der Waals surface area contributed by atoms with Crippen LogP contribution in [0.4, 0.5) is 5.69 Å². The van der Waals surface area contributed by atoms with Gasteiger partial charge in [0.15, 0.2) is 5.78 Å². The topological polar surface area (TPSA) is 86.0 Å². The number of non-ortho nitro benzene ring substituents is 1. The summed E-state index contributed by atoms with van der Waals surface area (Å²) < 4.78 is 0. The van der Waals surface area contributed by atoms with Gasteiger partial charge in [-0.1, -0.05) is 30.3 Å². The molecule has 0 saturated carbocycles. The van der Waals surface area contributed by atoms with Gasteiger partial charge in [0, 0.05) is 28.8 Å². The Kier molecular flexibility index (Phi) is 4.14. The van der Waals surface area contributed by atoms with Crippen LogP contribution >= 0.6 is 0 Å². The number of aromatic nitrogens is 2. The molecule has 0 radical (unpaired) electrons. The van der Waals surface area contributed by atoms with E-state index < -0.39 is 4.92 Å². The lowest BCUT2D eigenvalue weighted by Gasteiger charge is -2.05. The van der Waals surface area contributed by atoms with E-state index in [0.29, 0.717) is 27.9 Å². The highest BCUT2D eigenvalue weighted by Crippen LogP contribution is 2.23. The molecule has 0 amide bonds. The standard InChI is InChI=1S/C21H13N3O3/c25-21(15-4-2-1-3-5-15)16-8-11-18-19(12-16)22-13-20(23-18)14-6-9-17(10-7-14)24(26)27/h1-13H. The van der Waals surface area contributed by atoms with E-state index in [1.807, 2.05) is 18.2 Å². The summed E-state index contributed by atoms with van der Waals surface area (Å²) in [7, 11) is 0. The number of carbonyl (C=O) groups is 1. The lowest BCUT2D eigenvalue weighted by Crippen LogP contribution is -2.01. The number of rotatable bonds is 4. The molecule has 1 heterocycles. The lowest BCUT2D eigenvalue weighted by molar-refractivity contribution is -0.384. The Balaban J connectivity index is 1.68. The van der Waals surface area contributed by atoms with Crippen molar-refractivity contribution in [1.82, 2.24) is 9.97 Å². The number of fused-ring (bicyclic) bond motifs is 1. The molecule has 0 aliphatic rings. The van der Waals surface area contributed by atoms with E-state index in [2.05, 4.69) is 9.97 Å². The van der Waals surface area contributed by atoms with Crippen molar-refractivity contribution in [3.05, 3.63) is 100 Å². The van der Waals surface area contributed by atoms with Crippen LogP contribution in [0, 0.1) is 10.1 Å². The molecule has 4 rings (SSSR count). The number of carbonyl (C=O) groups excluding carboxylic acids is 1. The molecule has 1 aromatic heterocycles. The van der Waals surface area contributed by atoms with Crippen molar-refractivity contribution in [1.29, 1.82) is 0 Å². The average molecular weight is 355 g/mol. The number of nitrogens with zero attached hydrogens (tertiary/aromatic N) is 3. The third-order valence-electron chi connectivity index (χ3n) is 4.21. The molecule has 130 valence electrons. The van der Waals surface area contributed by atoms with Gasteiger partial charge in [-0.15, -0.1) is 0 Å². The first kappa shape index (κ1) is 16.5. The molecule has 6 nitrogen and oxygen atoms in total. The molecule has 0 fully saturated rings. The van der Waals surface area contributed by atoms with Crippen LogP contribution in [-0.4, -0.2) is 20.7 Å². The van der Waals surface area contributed by atoms with Crippen LogP contribution in [0.1, 0.15) is 15.9 Å². The Bertz CT molecular complexity index is 1160. The summed E-state index contributed by atoms with van der Waals surface area (Å²) in [6.45, 7) is 0. The van der Waals surface area contributed by atoms with E-state index in [-0.39, 0.29) is 11.5 Å². The van der Waals surface area contributed by atoms with Crippen molar-refractivity contribution in [2.24, 2.45) is 0 Å². The molecule has 0 aliphatic heterocycles. The number of ketones is 1. The minimum absolute atomic E-state index is 0.0246. The van der Waals surface area contributed by atoms with Crippen LogP contribution in [0.15, 0.2) is 79.0 Å². The minimum Gasteiger partial charge on any atom is -0.289 e. The van der Waals surface area contributed by atoms with E-state index >= 15 is 0 Å². The fourth-order valence-electron chi connectivity index (χ4n) is 2.80. The zero-order valence-electron chi connectivity index (χ0n) is 14.1. The predicted octanol–water partition coefficient (Wildman–Crippen LogP) is 4.44. The Labute approximate surface area is 154 Å². The van der Waals surface area contributed by atoms with Crippen molar-refractivity contribution in [2.75, 3.05) is 0 Å². The van der Waals surface area contributed by atoms with Gasteiger partial charge in [-0.2, -0.15) is 0 Å². The predicted molar refractivity (Wildman–Crippen MR) is 102 cm³/mol. The van der Waals surface area contributed by atoms with Crippen molar-refractivity contribution >= 4 is 22.5 Å². The SMILES string of the molecule is O=C(c1ccccc1)c1ccc2nc(-c3ccc([N+](=O)[O-])cc3)cnc2c1. The molecule has 4 aromatic rings. The van der Waals surface area contributed by atoms with Crippen LogP contribution in [0.25, 0.3) is 22.3 Å². The molecule has 27 heavy (non-hydrogen) atoms. The number of hydrogen-bond acceptors (Lipinski definition) is 5. The maximum Gasteiger partial charge on any atom is 0.269 e. The van der Waals surface area contributed by atoms with Gasteiger partial charge in [-0.05, 0) is 30.3 Å². The first-order valence-corrected chi connectivity index (χ1v) is 8.23. The normalized spacial score (nSPS) is 10.7. The molecule has 0 unspecified atom stereocenters. The van der Waals surface area contributed by atoms with Crippen molar-refractivity contribution < 1.29 is 9.72 Å². The summed E-state index contributed by atoms with van der Waals surface area (Å²) in [5, 5.41) is 10.8. The largest absolute Gasteiger partial charge is 0.289 e. The maximum atomic E-state index is 12.6. The second-order valence-electron chi connectivity index (χ2n) is 5.96. The highest BCUT2D eigenvalue weighted by Gasteiger charge is 2.11. The highest BCUT2D eigenvalue weighted by atomic mass is 16.6. The summed E-state index contributed by atoms with van der Waals surface area (Å²) in [4.78, 5) is 31.8. The summed E-state index contributed by atoms with van der Waals surface area (Å²) in [5.41, 5.74) is 3.80. The fraction of sp³-hybridized carbons (Fsp3) is 0. The summed E-state index contributed by atoms with van der Waals surface area (Å²) >= 11 is 0. The Morgan fingerprint density at radius 2 is 1.59 bits per heavy atom. The molecular weight excluding hydrogens is 342 g/mol. The lowest BCUT2D eigenvalue weighted by atomic mass is 10.0. The van der Waals surface area contributed by atoms with E-state index in [9.17, 15) is 14.9 Å². The van der Waals surface area contributed by atoms with E-state index in [4.69, 9.17) is 0 Å². The first-order valence-electron chi connectivity index (χ1n) is 8.23. The van der Waals surface area contributed by atoms with Crippen molar-refractivity contribution in [2.45, 2.75) is 0 Å². The Morgan fingerprint density at radius 1 is 0.852 bits per heavy atom. The highest BCUT2D eigenvalue weighted by molar-refractivity contribution is 6.10. The molecule has 3 aromatic carbocycles. The van der Waals surface area contributed by atoms with Gasteiger partial charge in [0.1, 0.15) is 0 Å². The fourth-order valence-corrected chi connectivity index (χ4v) is 2.80. The van der Waals surface area contributed by atoms with Crippen molar-refractivity contribution in [3.63, 3.8) is 0 Å². The maximum absolute atomic E-state index is 12.6. The minimum atomic E-state index is -0.443. The molecule has 0 N–H and O–H groups in total. The van der Waals surface area contributed by atoms with Gasteiger partial charge in [0.2, 0.25) is 0 Å². The van der Waals surface area contributed by atoms with Gasteiger partial charge in [-0.3, -0.25) is 19.9 Å². The Morgan fingerprint density at radius 3 is 2.30 bits per heavy atom. The van der Waals surface area contributed by atoms with Crippen LogP contribution in [0.2, 0.25) is 0 Å². The number of nitro benzene ring substituents is 1. The monoisotopic (exact) mass is 355 g/mol. The molecular formula is C21H13N3O3. The second-order valence-corrected chi connectivity index (χ2v) is 5.96. The van der Waals surface area contributed by atoms with Crippen LogP contribution in [-0.2, 0) is 0 Å². The first-order chi connectivity index (χ1) is 13.1. The van der Waals surface area contributed by atoms with Gasteiger partial charge in [-0.25, -0.2) is 4.98 Å². The summed E-state index contributed by atoms with van der Waals surface area (Å²) in [6, 6.07) is 20.4. The molecule has 0 bridgehead atoms. The van der Waals surface area contributed by atoms with Crippen LogP contribution in [0.5, 0.6) is 0 Å². The van der Waals surface area contributed by atoms with E-state index in [1.54, 1.807) is 48.7 Å². The summed E-state index contributed by atoms with van der Waals surface area (Å²) in [5.74, 6) is -0.0706. The molecule has 0 atom stereocenters. The zero-order valence-corrected chi connectivity index (χ0v) is 14.1. The smallest absolute Gasteiger partial charge is 0.269 e. The second kappa shape index (κ2) is 6.76. The quantitative estimate of drug-likeness (QED) is 0.307. The number of nitro groups is 1. The van der Waals surface area contributed by atoms with E-state index in [0.717, 1.165) is 5.56 Å².